The van der Waals surface area contributed by atoms with Gasteiger partial charge in [0.2, 0.25) is 11.7 Å². The smallest absolute Gasteiger partial charge is 0.269 e. The van der Waals surface area contributed by atoms with Gasteiger partial charge in [0.1, 0.15) is 0 Å². The van der Waals surface area contributed by atoms with Crippen LogP contribution in [0.15, 0.2) is 50.6 Å². The number of thioether (sulfide) groups is 1. The Labute approximate surface area is 172 Å². The molecule has 3 rings (SSSR count). The Morgan fingerprint density at radius 2 is 2.00 bits per heavy atom. The van der Waals surface area contributed by atoms with Crippen LogP contribution in [-0.2, 0) is 4.79 Å². The van der Waals surface area contributed by atoms with Crippen LogP contribution in [0.1, 0.15) is 19.9 Å². The van der Waals surface area contributed by atoms with Gasteiger partial charge < -0.3 is 9.73 Å². The second-order valence-corrected chi connectivity index (χ2v) is 7.74. The number of amides is 1. The third-order valence-corrected chi connectivity index (χ3v) is 5.04. The standard InChI is InChI=1S/C17H16BrN5O4S/c1-10(2)22-16(13-7-8-14(18)27-13)20-21-17(22)28-9-15(24)19-11-3-5-12(6-4-11)23(25)26/h3-8,10H,9H2,1-2H3,(H,19,24). The van der Waals surface area contributed by atoms with E-state index in [0.29, 0.717) is 27.1 Å². The summed E-state index contributed by atoms with van der Waals surface area (Å²) in [5.41, 5.74) is 0.456. The summed E-state index contributed by atoms with van der Waals surface area (Å²) in [6.45, 7) is 3.98. The van der Waals surface area contributed by atoms with Crippen LogP contribution in [0.5, 0.6) is 0 Å². The van der Waals surface area contributed by atoms with Gasteiger partial charge in [-0.3, -0.25) is 19.5 Å². The van der Waals surface area contributed by atoms with Gasteiger partial charge in [-0.2, -0.15) is 0 Å². The van der Waals surface area contributed by atoms with Gasteiger partial charge in [0.05, 0.1) is 10.7 Å². The largest absolute Gasteiger partial charge is 0.446 e. The Balaban J connectivity index is 1.67. The molecular weight excluding hydrogens is 450 g/mol. The third kappa shape index (κ3) is 4.60. The summed E-state index contributed by atoms with van der Waals surface area (Å²) in [5, 5.41) is 22.3. The van der Waals surface area contributed by atoms with Gasteiger partial charge in [-0.05, 0) is 54.0 Å². The summed E-state index contributed by atoms with van der Waals surface area (Å²) < 4.78 is 8.05. The van der Waals surface area contributed by atoms with Crippen LogP contribution in [0, 0.1) is 10.1 Å². The Bertz CT molecular complexity index is 999. The molecule has 2 heterocycles. The van der Waals surface area contributed by atoms with E-state index in [9.17, 15) is 14.9 Å². The number of furan rings is 1. The summed E-state index contributed by atoms with van der Waals surface area (Å²) in [6.07, 6.45) is 0. The normalized spacial score (nSPS) is 11.0. The molecule has 3 aromatic rings. The van der Waals surface area contributed by atoms with Crippen molar-refractivity contribution in [1.82, 2.24) is 14.8 Å². The van der Waals surface area contributed by atoms with E-state index in [4.69, 9.17) is 4.42 Å². The number of nitro groups is 1. The molecule has 0 aliphatic carbocycles. The highest BCUT2D eigenvalue weighted by Gasteiger charge is 2.20. The molecule has 28 heavy (non-hydrogen) atoms. The SMILES string of the molecule is CC(C)n1c(SCC(=O)Nc2ccc([N+](=O)[O-])cc2)nnc1-c1ccc(Br)o1. The number of halogens is 1. The molecule has 9 nitrogen and oxygen atoms in total. The lowest BCUT2D eigenvalue weighted by atomic mass is 10.3. The quantitative estimate of drug-likeness (QED) is 0.309. The lowest BCUT2D eigenvalue weighted by Gasteiger charge is -2.12. The van der Waals surface area contributed by atoms with E-state index in [2.05, 4.69) is 31.4 Å². The first kappa shape index (κ1) is 20.1. The highest BCUT2D eigenvalue weighted by atomic mass is 79.9. The minimum Gasteiger partial charge on any atom is -0.446 e. The van der Waals surface area contributed by atoms with Crippen molar-refractivity contribution >= 4 is 45.0 Å². The maximum absolute atomic E-state index is 12.2. The zero-order chi connectivity index (χ0) is 20.3. The fourth-order valence-electron chi connectivity index (χ4n) is 2.44. The van der Waals surface area contributed by atoms with Crippen molar-refractivity contribution in [1.29, 1.82) is 0 Å². The number of hydrogen-bond donors (Lipinski definition) is 1. The van der Waals surface area contributed by atoms with Crippen molar-refractivity contribution < 1.29 is 14.1 Å². The fourth-order valence-corrected chi connectivity index (χ4v) is 3.61. The Hall–Kier alpha value is -2.66. The van der Waals surface area contributed by atoms with Crippen LogP contribution >= 0.6 is 27.7 Å². The van der Waals surface area contributed by atoms with Crippen LogP contribution < -0.4 is 5.32 Å². The van der Waals surface area contributed by atoms with Crippen LogP contribution in [0.2, 0.25) is 0 Å². The van der Waals surface area contributed by atoms with E-state index in [1.54, 1.807) is 12.1 Å². The van der Waals surface area contributed by atoms with Crippen molar-refractivity contribution in [3.05, 3.63) is 51.2 Å². The second-order valence-electron chi connectivity index (χ2n) is 6.01. The zero-order valence-corrected chi connectivity index (χ0v) is 17.4. The van der Waals surface area contributed by atoms with E-state index in [-0.39, 0.29) is 23.4 Å². The number of benzene rings is 1. The fraction of sp³-hybridized carbons (Fsp3) is 0.235. The van der Waals surface area contributed by atoms with E-state index in [1.807, 2.05) is 18.4 Å². The van der Waals surface area contributed by atoms with Crippen LogP contribution in [0.3, 0.4) is 0 Å². The average molecular weight is 466 g/mol. The summed E-state index contributed by atoms with van der Waals surface area (Å²) in [7, 11) is 0. The monoisotopic (exact) mass is 465 g/mol. The molecule has 146 valence electrons. The van der Waals surface area contributed by atoms with Gasteiger partial charge in [0.15, 0.2) is 15.6 Å². The summed E-state index contributed by atoms with van der Waals surface area (Å²) >= 11 is 4.52. The minimum atomic E-state index is -0.491. The molecule has 0 fully saturated rings. The molecule has 1 N–H and O–H groups in total. The molecule has 0 radical (unpaired) electrons. The van der Waals surface area contributed by atoms with E-state index < -0.39 is 4.92 Å². The first-order valence-corrected chi connectivity index (χ1v) is 10.0. The lowest BCUT2D eigenvalue weighted by Crippen LogP contribution is -2.15. The maximum Gasteiger partial charge on any atom is 0.269 e. The van der Waals surface area contributed by atoms with Crippen molar-refractivity contribution in [2.24, 2.45) is 0 Å². The second kappa shape index (κ2) is 8.57. The number of rotatable bonds is 7. The number of nitrogens with one attached hydrogen (secondary N) is 1. The van der Waals surface area contributed by atoms with Crippen molar-refractivity contribution in [2.75, 3.05) is 11.1 Å². The molecule has 11 heteroatoms. The number of nitrogens with zero attached hydrogens (tertiary/aromatic N) is 4. The number of aromatic nitrogens is 3. The molecule has 0 spiro atoms. The Kier molecular flexibility index (Phi) is 6.15. The van der Waals surface area contributed by atoms with Crippen molar-refractivity contribution in [3.63, 3.8) is 0 Å². The number of nitro benzene ring substituents is 1. The van der Waals surface area contributed by atoms with Gasteiger partial charge in [-0.1, -0.05) is 11.8 Å². The number of hydrogen-bond acceptors (Lipinski definition) is 7. The molecule has 2 aromatic heterocycles. The number of anilines is 1. The molecular formula is C17H16BrN5O4S. The third-order valence-electron chi connectivity index (χ3n) is 3.67. The molecule has 0 aliphatic heterocycles. The molecule has 0 unspecified atom stereocenters. The highest BCUT2D eigenvalue weighted by Crippen LogP contribution is 2.30. The van der Waals surface area contributed by atoms with Crippen LogP contribution in [0.25, 0.3) is 11.6 Å². The van der Waals surface area contributed by atoms with Gasteiger partial charge in [0, 0.05) is 23.9 Å². The van der Waals surface area contributed by atoms with Crippen LogP contribution in [0.4, 0.5) is 11.4 Å². The molecule has 0 bridgehead atoms. The topological polar surface area (TPSA) is 116 Å². The Morgan fingerprint density at radius 3 is 2.57 bits per heavy atom. The minimum absolute atomic E-state index is 0.0329. The number of carbonyl (C=O) groups excluding carboxylic acids is 1. The van der Waals surface area contributed by atoms with Crippen molar-refractivity contribution in [2.45, 2.75) is 25.0 Å². The number of carbonyl (C=O) groups is 1. The van der Waals surface area contributed by atoms with Crippen LogP contribution in [-0.4, -0.2) is 31.3 Å². The van der Waals surface area contributed by atoms with E-state index in [0.717, 1.165) is 0 Å². The molecule has 0 saturated heterocycles. The van der Waals surface area contributed by atoms with Crippen molar-refractivity contribution in [3.8, 4) is 11.6 Å². The summed E-state index contributed by atoms with van der Waals surface area (Å²) in [4.78, 5) is 22.4. The number of non-ortho nitro benzene ring substituents is 1. The van der Waals surface area contributed by atoms with Gasteiger partial charge in [0.25, 0.3) is 5.69 Å². The molecule has 0 aliphatic rings. The Morgan fingerprint density at radius 1 is 1.29 bits per heavy atom. The molecule has 0 atom stereocenters. The van der Waals surface area contributed by atoms with Gasteiger partial charge in [-0.25, -0.2) is 0 Å². The maximum atomic E-state index is 12.2. The first-order chi connectivity index (χ1) is 13.3. The van der Waals surface area contributed by atoms with E-state index >= 15 is 0 Å². The highest BCUT2D eigenvalue weighted by molar-refractivity contribution is 9.10. The average Bonchev–Trinajstić information content (AvgIpc) is 3.26. The molecule has 1 aromatic carbocycles. The molecule has 1 amide bonds. The van der Waals surface area contributed by atoms with E-state index in [1.165, 1.54) is 36.0 Å². The predicted octanol–water partition coefficient (Wildman–Crippen LogP) is 4.52. The lowest BCUT2D eigenvalue weighted by molar-refractivity contribution is -0.384. The van der Waals surface area contributed by atoms with Gasteiger partial charge >= 0.3 is 0 Å². The first-order valence-electron chi connectivity index (χ1n) is 8.23. The molecule has 0 saturated carbocycles. The zero-order valence-electron chi connectivity index (χ0n) is 15.0. The van der Waals surface area contributed by atoms with Gasteiger partial charge in [-0.15, -0.1) is 10.2 Å². The summed E-state index contributed by atoms with van der Waals surface area (Å²) in [5.74, 6) is 1.03. The summed E-state index contributed by atoms with van der Waals surface area (Å²) in [6, 6.07) is 9.29. The predicted molar refractivity (Wildman–Crippen MR) is 108 cm³/mol.